The molecule has 23 heavy (non-hydrogen) atoms. The summed E-state index contributed by atoms with van der Waals surface area (Å²) in [6.45, 7) is 3.63. The summed E-state index contributed by atoms with van der Waals surface area (Å²) < 4.78 is 1.12. The first-order chi connectivity index (χ1) is 9.56. The summed E-state index contributed by atoms with van der Waals surface area (Å²) in [5.41, 5.74) is 0. The zero-order chi connectivity index (χ0) is 15.1. The van der Waals surface area contributed by atoms with Crippen LogP contribution in [-0.2, 0) is 0 Å². The van der Waals surface area contributed by atoms with E-state index in [4.69, 9.17) is 0 Å². The lowest BCUT2D eigenvalue weighted by Gasteiger charge is -2.23. The Kier molecular flexibility index (Phi) is 31.7. The fourth-order valence-corrected chi connectivity index (χ4v) is 2.78. The fraction of sp³-hybridized carbons (Fsp3) is 1.00. The fourth-order valence-electron chi connectivity index (χ4n) is 2.78. The highest BCUT2D eigenvalue weighted by Crippen LogP contribution is 2.13. The average Bonchev–Trinajstić information content (AvgIpc) is 2.38. The van der Waals surface area contributed by atoms with Gasteiger partial charge in [0.25, 0.3) is 0 Å². The van der Waals surface area contributed by atoms with Crippen molar-refractivity contribution in [2.24, 2.45) is 0 Å². The second kappa shape index (κ2) is 23.0. The van der Waals surface area contributed by atoms with Gasteiger partial charge in [-0.1, -0.05) is 84.0 Å². The van der Waals surface area contributed by atoms with Crippen LogP contribution in [0.2, 0.25) is 0 Å². The molecule has 0 amide bonds. The number of unbranched alkanes of at least 4 members (excludes halogenated alkanes) is 13. The molecule has 0 aliphatic heterocycles. The number of nitrogens with zero attached hydrogens (tertiary/aromatic N) is 1. The molecule has 0 aromatic carbocycles. The third kappa shape index (κ3) is 31.3. The van der Waals surface area contributed by atoms with Gasteiger partial charge in [0.2, 0.25) is 0 Å². The normalized spacial score (nSPS) is 10.4. The van der Waals surface area contributed by atoms with Crippen molar-refractivity contribution in [3.8, 4) is 0 Å². The first-order valence-corrected chi connectivity index (χ1v) is 9.36. The standard InChI is InChI=1S/C19H42N.ClH.Mg.H2O.2H/c1-5-6-7-8-9-10-11-12-13-14-15-16-17-18-19-20(2,3)4;;;;;/h5-19H2,1-4H3;1H;;1H2;;/q+1;;;;;. The predicted octanol–water partition coefficient (Wildman–Crippen LogP) is 4.85. The van der Waals surface area contributed by atoms with Gasteiger partial charge in [0.1, 0.15) is 0 Å². The zero-order valence-electron chi connectivity index (χ0n) is 16.0. The molecule has 4 heteroatoms. The molecule has 0 saturated heterocycles. The first-order valence-electron chi connectivity index (χ1n) is 9.36. The van der Waals surface area contributed by atoms with Gasteiger partial charge in [-0.3, -0.25) is 0 Å². The number of rotatable bonds is 15. The predicted molar refractivity (Wildman–Crippen MR) is 113 cm³/mol. The van der Waals surface area contributed by atoms with Gasteiger partial charge in [-0.2, -0.15) is 0 Å². The summed E-state index contributed by atoms with van der Waals surface area (Å²) in [4.78, 5) is 0. The lowest BCUT2D eigenvalue weighted by atomic mass is 10.0. The van der Waals surface area contributed by atoms with E-state index < -0.39 is 0 Å². The monoisotopic (exact) mass is 364 g/mol. The summed E-state index contributed by atoms with van der Waals surface area (Å²) in [6.07, 6.45) is 20.4. The van der Waals surface area contributed by atoms with E-state index in [1.54, 1.807) is 0 Å². The molecule has 0 unspecified atom stereocenters. The molecule has 0 fully saturated rings. The summed E-state index contributed by atoms with van der Waals surface area (Å²) in [6, 6.07) is 0. The van der Waals surface area contributed by atoms with E-state index in [1.165, 1.54) is 96.4 Å². The summed E-state index contributed by atoms with van der Waals surface area (Å²) >= 11 is 0. The number of quaternary nitrogens is 1. The average molecular weight is 365 g/mol. The van der Waals surface area contributed by atoms with Gasteiger partial charge in [0.05, 0.1) is 27.7 Å². The van der Waals surface area contributed by atoms with E-state index in [-0.39, 0.29) is 40.9 Å². The molecule has 0 rings (SSSR count). The molecule has 0 bridgehead atoms. The van der Waals surface area contributed by atoms with Gasteiger partial charge in [0.15, 0.2) is 0 Å². The maximum atomic E-state index is 2.29. The lowest BCUT2D eigenvalue weighted by Crippen LogP contribution is -2.35. The third-order valence-electron chi connectivity index (χ3n) is 4.18. The Hall–Kier alpha value is 0.976. The highest BCUT2D eigenvalue weighted by atomic mass is 35.5. The molecule has 0 heterocycles. The van der Waals surface area contributed by atoms with Gasteiger partial charge in [-0.15, -0.1) is 12.4 Å². The molecule has 0 radical (unpaired) electrons. The number of hydrogen-bond donors (Lipinski definition) is 0. The molecule has 0 aliphatic carbocycles. The van der Waals surface area contributed by atoms with Crippen molar-refractivity contribution in [2.45, 2.75) is 96.8 Å². The smallest absolute Gasteiger partial charge is 0.316 e. The van der Waals surface area contributed by atoms with Crippen molar-refractivity contribution in [1.82, 2.24) is 0 Å². The Bertz CT molecular complexity index is 198. The van der Waals surface area contributed by atoms with Crippen LogP contribution in [0.15, 0.2) is 0 Å². The van der Waals surface area contributed by atoms with Crippen LogP contribution < -0.4 is 0 Å². The summed E-state index contributed by atoms with van der Waals surface area (Å²) in [5, 5.41) is 0. The Morgan fingerprint density at radius 2 is 0.783 bits per heavy atom. The molecule has 2 N–H and O–H groups in total. The van der Waals surface area contributed by atoms with Gasteiger partial charge < -0.3 is 9.96 Å². The van der Waals surface area contributed by atoms with Crippen LogP contribution in [0.1, 0.15) is 96.8 Å². The van der Waals surface area contributed by atoms with E-state index in [9.17, 15) is 0 Å². The molecule has 0 saturated carbocycles. The minimum Gasteiger partial charge on any atom is -0.412 e. The van der Waals surface area contributed by atoms with Crippen molar-refractivity contribution >= 4 is 35.5 Å². The minimum atomic E-state index is 0. The van der Waals surface area contributed by atoms with Gasteiger partial charge >= 0.3 is 23.1 Å². The van der Waals surface area contributed by atoms with Crippen LogP contribution in [0.5, 0.6) is 0 Å². The molecule has 142 valence electrons. The number of halogens is 1. The maximum Gasteiger partial charge on any atom is 0.316 e. The Morgan fingerprint density at radius 3 is 1.04 bits per heavy atom. The topological polar surface area (TPSA) is 31.5 Å². The highest BCUT2D eigenvalue weighted by molar-refractivity contribution is 5.85. The van der Waals surface area contributed by atoms with Crippen molar-refractivity contribution in [3.63, 3.8) is 0 Å². The van der Waals surface area contributed by atoms with Gasteiger partial charge in [-0.25, -0.2) is 0 Å². The van der Waals surface area contributed by atoms with Crippen LogP contribution in [-0.4, -0.2) is 60.7 Å². The third-order valence-corrected chi connectivity index (χ3v) is 4.18. The molecule has 0 aliphatic rings. The molecule has 0 spiro atoms. The van der Waals surface area contributed by atoms with Crippen molar-refractivity contribution in [3.05, 3.63) is 0 Å². The Morgan fingerprint density at radius 1 is 0.522 bits per heavy atom. The Labute approximate surface area is 169 Å². The molecular formula is C19H47ClMgNO+. The Balaban J connectivity index is -0.000000602. The van der Waals surface area contributed by atoms with Crippen molar-refractivity contribution in [2.75, 3.05) is 27.7 Å². The van der Waals surface area contributed by atoms with E-state index in [0.29, 0.717) is 0 Å². The van der Waals surface area contributed by atoms with E-state index in [2.05, 4.69) is 28.1 Å². The second-order valence-corrected chi connectivity index (χ2v) is 7.61. The maximum absolute atomic E-state index is 2.29. The van der Waals surface area contributed by atoms with Gasteiger partial charge in [-0.05, 0) is 12.8 Å². The minimum absolute atomic E-state index is 0. The molecule has 0 aromatic heterocycles. The van der Waals surface area contributed by atoms with Gasteiger partial charge in [0, 0.05) is 0 Å². The molecular weight excluding hydrogens is 318 g/mol. The van der Waals surface area contributed by atoms with Crippen LogP contribution >= 0.6 is 12.4 Å². The largest absolute Gasteiger partial charge is 0.412 e. The van der Waals surface area contributed by atoms with E-state index >= 15 is 0 Å². The summed E-state index contributed by atoms with van der Waals surface area (Å²) in [5.74, 6) is 0. The summed E-state index contributed by atoms with van der Waals surface area (Å²) in [7, 11) is 6.88. The lowest BCUT2D eigenvalue weighted by molar-refractivity contribution is -0.870. The van der Waals surface area contributed by atoms with Crippen LogP contribution in [0, 0.1) is 0 Å². The van der Waals surface area contributed by atoms with Crippen LogP contribution in [0.4, 0.5) is 0 Å². The molecule has 0 aromatic rings. The molecule has 2 nitrogen and oxygen atoms in total. The zero-order valence-corrected chi connectivity index (χ0v) is 16.8. The number of hydrogen-bond acceptors (Lipinski definition) is 0. The van der Waals surface area contributed by atoms with Crippen molar-refractivity contribution < 1.29 is 9.96 Å². The van der Waals surface area contributed by atoms with Crippen molar-refractivity contribution in [1.29, 1.82) is 0 Å². The highest BCUT2D eigenvalue weighted by Gasteiger charge is 2.04. The SMILES string of the molecule is CCCCCCCCCCCCCCCC[N+](C)(C)C.Cl.O.[MgH2]. The second-order valence-electron chi connectivity index (χ2n) is 7.61. The quantitative estimate of drug-likeness (QED) is 0.226. The van der Waals surface area contributed by atoms with Crippen LogP contribution in [0.3, 0.4) is 0 Å². The van der Waals surface area contributed by atoms with Crippen LogP contribution in [0.25, 0.3) is 0 Å². The molecule has 0 atom stereocenters. The van der Waals surface area contributed by atoms with E-state index in [0.717, 1.165) is 4.48 Å². The van der Waals surface area contributed by atoms with E-state index in [1.807, 2.05) is 0 Å². The first kappa shape index (κ1) is 31.7.